The highest BCUT2D eigenvalue weighted by Crippen LogP contribution is 2.21. The summed E-state index contributed by atoms with van der Waals surface area (Å²) in [6.07, 6.45) is 3.12. The van der Waals surface area contributed by atoms with Crippen molar-refractivity contribution in [3.05, 3.63) is 28.8 Å². The van der Waals surface area contributed by atoms with Gasteiger partial charge < -0.3 is 20.3 Å². The van der Waals surface area contributed by atoms with E-state index in [-0.39, 0.29) is 18.8 Å². The number of benzene rings is 1. The molecule has 0 heterocycles. The van der Waals surface area contributed by atoms with E-state index >= 15 is 0 Å². The van der Waals surface area contributed by atoms with Crippen molar-refractivity contribution in [2.45, 2.75) is 50.9 Å². The predicted molar refractivity (Wildman–Crippen MR) is 84.0 cm³/mol. The van der Waals surface area contributed by atoms with Gasteiger partial charge in [-0.25, -0.2) is 0 Å². The van der Waals surface area contributed by atoms with Crippen molar-refractivity contribution in [1.82, 2.24) is 5.32 Å². The molecule has 1 fully saturated rings. The molecular weight excluding hydrogens is 290 g/mol. The summed E-state index contributed by atoms with van der Waals surface area (Å²) < 4.78 is 5.56. The second kappa shape index (κ2) is 7.99. The minimum Gasteiger partial charge on any atom is -0.491 e. The van der Waals surface area contributed by atoms with Gasteiger partial charge in [-0.1, -0.05) is 24.4 Å². The van der Waals surface area contributed by atoms with Crippen LogP contribution in [0.3, 0.4) is 0 Å². The average Bonchev–Trinajstić information content (AvgIpc) is 2.47. The zero-order valence-corrected chi connectivity index (χ0v) is 13.1. The molecule has 3 unspecified atom stereocenters. The molecule has 2 rings (SSSR count). The van der Waals surface area contributed by atoms with Gasteiger partial charge in [0.05, 0.1) is 6.10 Å². The number of hydrogen-bond donors (Lipinski definition) is 3. The first kappa shape index (κ1) is 16.6. The number of aliphatic hydroxyl groups is 2. The summed E-state index contributed by atoms with van der Waals surface area (Å²) in [4.78, 5) is 0. The third kappa shape index (κ3) is 5.15. The number of ether oxygens (including phenoxy) is 1. The molecule has 3 atom stereocenters. The molecule has 1 aromatic carbocycles. The Morgan fingerprint density at radius 2 is 2.14 bits per heavy atom. The van der Waals surface area contributed by atoms with Gasteiger partial charge in [0.1, 0.15) is 18.5 Å². The molecular formula is C16H24ClNO3. The van der Waals surface area contributed by atoms with Gasteiger partial charge >= 0.3 is 0 Å². The summed E-state index contributed by atoms with van der Waals surface area (Å²) in [6, 6.07) is 5.52. The normalized spacial score (nSPS) is 23.8. The molecule has 0 amide bonds. The second-order valence-corrected chi connectivity index (χ2v) is 6.15. The van der Waals surface area contributed by atoms with Crippen LogP contribution in [0.25, 0.3) is 0 Å². The summed E-state index contributed by atoms with van der Waals surface area (Å²) in [5, 5.41) is 23.7. The number of nitrogens with one attached hydrogen (secondary N) is 1. The first-order chi connectivity index (χ1) is 10.1. The fourth-order valence-electron chi connectivity index (χ4n) is 2.60. The van der Waals surface area contributed by atoms with Crippen LogP contribution in [0.15, 0.2) is 18.2 Å². The Morgan fingerprint density at radius 3 is 2.86 bits per heavy atom. The van der Waals surface area contributed by atoms with Crippen LogP contribution < -0.4 is 10.1 Å². The molecule has 0 radical (unpaired) electrons. The van der Waals surface area contributed by atoms with E-state index in [2.05, 4.69) is 5.32 Å². The van der Waals surface area contributed by atoms with E-state index in [9.17, 15) is 10.2 Å². The second-order valence-electron chi connectivity index (χ2n) is 5.74. The first-order valence-corrected chi connectivity index (χ1v) is 7.92. The maximum atomic E-state index is 9.96. The van der Waals surface area contributed by atoms with Crippen LogP contribution in [0.2, 0.25) is 5.02 Å². The Balaban J connectivity index is 1.71. The van der Waals surface area contributed by atoms with Crippen LogP contribution in [0.4, 0.5) is 0 Å². The minimum atomic E-state index is -0.602. The number of rotatable bonds is 6. The van der Waals surface area contributed by atoms with Gasteiger partial charge in [0.15, 0.2) is 0 Å². The minimum absolute atomic E-state index is 0.0891. The van der Waals surface area contributed by atoms with Crippen LogP contribution in [0, 0.1) is 6.92 Å². The summed E-state index contributed by atoms with van der Waals surface area (Å²) in [5.41, 5.74) is 0.951. The van der Waals surface area contributed by atoms with E-state index in [1.165, 1.54) is 0 Å². The van der Waals surface area contributed by atoms with E-state index in [4.69, 9.17) is 16.3 Å². The van der Waals surface area contributed by atoms with Gasteiger partial charge in [0.2, 0.25) is 0 Å². The Bertz CT molecular complexity index is 455. The first-order valence-electron chi connectivity index (χ1n) is 7.54. The van der Waals surface area contributed by atoms with Crippen molar-refractivity contribution < 1.29 is 14.9 Å². The summed E-state index contributed by atoms with van der Waals surface area (Å²) in [6.45, 7) is 2.56. The molecule has 4 nitrogen and oxygen atoms in total. The monoisotopic (exact) mass is 313 g/mol. The van der Waals surface area contributed by atoms with Gasteiger partial charge in [-0.05, 0) is 43.5 Å². The lowest BCUT2D eigenvalue weighted by Gasteiger charge is -2.29. The van der Waals surface area contributed by atoms with Gasteiger partial charge in [-0.3, -0.25) is 0 Å². The molecule has 1 saturated carbocycles. The largest absolute Gasteiger partial charge is 0.491 e. The zero-order chi connectivity index (χ0) is 15.2. The van der Waals surface area contributed by atoms with Gasteiger partial charge in [0.25, 0.3) is 0 Å². The molecule has 0 saturated heterocycles. The molecule has 0 spiro atoms. The molecule has 5 heteroatoms. The Labute approximate surface area is 131 Å². The van der Waals surface area contributed by atoms with Crippen molar-refractivity contribution in [3.8, 4) is 5.75 Å². The van der Waals surface area contributed by atoms with Crippen LogP contribution in [0.5, 0.6) is 5.75 Å². The Hall–Kier alpha value is -0.810. The summed E-state index contributed by atoms with van der Waals surface area (Å²) in [7, 11) is 0. The Kier molecular flexibility index (Phi) is 6.30. The number of hydrogen-bond acceptors (Lipinski definition) is 4. The van der Waals surface area contributed by atoms with Crippen LogP contribution >= 0.6 is 11.6 Å². The topological polar surface area (TPSA) is 61.7 Å². The van der Waals surface area contributed by atoms with Crippen molar-refractivity contribution in [2.24, 2.45) is 0 Å². The lowest BCUT2D eigenvalue weighted by atomic mass is 9.92. The molecule has 3 N–H and O–H groups in total. The fourth-order valence-corrected chi connectivity index (χ4v) is 2.71. The fraction of sp³-hybridized carbons (Fsp3) is 0.625. The molecule has 1 aliphatic rings. The summed E-state index contributed by atoms with van der Waals surface area (Å²) >= 11 is 5.95. The number of aliphatic hydroxyl groups excluding tert-OH is 2. The van der Waals surface area contributed by atoms with Crippen molar-refractivity contribution in [2.75, 3.05) is 13.2 Å². The highest BCUT2D eigenvalue weighted by Gasteiger charge is 2.23. The lowest BCUT2D eigenvalue weighted by Crippen LogP contribution is -2.45. The van der Waals surface area contributed by atoms with E-state index in [1.54, 1.807) is 12.1 Å². The van der Waals surface area contributed by atoms with Crippen molar-refractivity contribution in [1.29, 1.82) is 0 Å². The standard InChI is InChI=1S/C16H24ClNO3/c1-11-8-13(6-7-14(11)17)21-10-12(19)9-18-15-4-2-3-5-16(15)20/h6-8,12,15-16,18-20H,2-5,9-10H2,1H3. The van der Waals surface area contributed by atoms with Crippen LogP contribution in [-0.2, 0) is 0 Å². The smallest absolute Gasteiger partial charge is 0.119 e. The molecule has 0 aliphatic heterocycles. The van der Waals surface area contributed by atoms with Gasteiger partial charge in [0, 0.05) is 17.6 Å². The van der Waals surface area contributed by atoms with Crippen LogP contribution in [0.1, 0.15) is 31.2 Å². The quantitative estimate of drug-likeness (QED) is 0.754. The zero-order valence-electron chi connectivity index (χ0n) is 12.4. The van der Waals surface area contributed by atoms with Crippen LogP contribution in [-0.4, -0.2) is 41.6 Å². The molecule has 118 valence electrons. The SMILES string of the molecule is Cc1cc(OCC(O)CNC2CCCCC2O)ccc1Cl. The molecule has 1 aromatic rings. The van der Waals surface area contributed by atoms with E-state index < -0.39 is 6.10 Å². The molecule has 21 heavy (non-hydrogen) atoms. The maximum Gasteiger partial charge on any atom is 0.119 e. The number of halogens is 1. The van der Waals surface area contributed by atoms with Crippen molar-refractivity contribution >= 4 is 11.6 Å². The molecule has 0 aromatic heterocycles. The third-order valence-corrected chi connectivity index (χ3v) is 4.34. The molecule has 1 aliphatic carbocycles. The average molecular weight is 314 g/mol. The van der Waals surface area contributed by atoms with Gasteiger partial charge in [-0.15, -0.1) is 0 Å². The highest BCUT2D eigenvalue weighted by molar-refractivity contribution is 6.31. The molecule has 0 bridgehead atoms. The van der Waals surface area contributed by atoms with Gasteiger partial charge in [-0.2, -0.15) is 0 Å². The Morgan fingerprint density at radius 1 is 1.38 bits per heavy atom. The predicted octanol–water partition coefficient (Wildman–Crippen LogP) is 2.28. The van der Waals surface area contributed by atoms with E-state index in [1.807, 2.05) is 13.0 Å². The third-order valence-electron chi connectivity index (χ3n) is 3.92. The highest BCUT2D eigenvalue weighted by atomic mass is 35.5. The van der Waals surface area contributed by atoms with E-state index in [0.717, 1.165) is 31.2 Å². The summed E-state index contributed by atoms with van der Waals surface area (Å²) in [5.74, 6) is 0.702. The maximum absolute atomic E-state index is 9.96. The van der Waals surface area contributed by atoms with Crippen molar-refractivity contribution in [3.63, 3.8) is 0 Å². The van der Waals surface area contributed by atoms with E-state index in [0.29, 0.717) is 17.3 Å². The number of aryl methyl sites for hydroxylation is 1. The lowest BCUT2D eigenvalue weighted by molar-refractivity contribution is 0.0673.